The molecule has 0 amide bonds. The predicted octanol–water partition coefficient (Wildman–Crippen LogP) is 1.74. The van der Waals surface area contributed by atoms with E-state index < -0.39 is 0 Å². The fourth-order valence-corrected chi connectivity index (χ4v) is 1.03. The van der Waals surface area contributed by atoms with Crippen molar-refractivity contribution in [3.05, 3.63) is 35.4 Å². The van der Waals surface area contributed by atoms with Crippen molar-refractivity contribution < 1.29 is 4.79 Å². The molecular weight excluding hydrogens is 158 g/mol. The second kappa shape index (κ2) is 3.55. The average molecular weight is 167 g/mol. The highest BCUT2D eigenvalue weighted by Gasteiger charge is 2.01. The van der Waals surface area contributed by atoms with E-state index in [2.05, 4.69) is 0 Å². The number of hydrogen-bond acceptors (Lipinski definition) is 3. The standard InChI is InChI=1S/C8H9NOS/c1-6-2-4-7(5-3-6)8(10)11-9/h2-5H,9H2,1H3. The van der Waals surface area contributed by atoms with Crippen molar-refractivity contribution in [3.8, 4) is 0 Å². The largest absolute Gasteiger partial charge is 0.280 e. The lowest BCUT2D eigenvalue weighted by Gasteiger charge is -1.95. The third kappa shape index (κ3) is 2.06. The van der Waals surface area contributed by atoms with Crippen molar-refractivity contribution in [3.63, 3.8) is 0 Å². The molecule has 0 unspecified atom stereocenters. The molecule has 0 aromatic heterocycles. The topological polar surface area (TPSA) is 43.1 Å². The van der Waals surface area contributed by atoms with Gasteiger partial charge < -0.3 is 0 Å². The Balaban J connectivity index is 2.90. The van der Waals surface area contributed by atoms with Gasteiger partial charge in [-0.25, -0.2) is 0 Å². The van der Waals surface area contributed by atoms with Crippen molar-refractivity contribution in [2.24, 2.45) is 5.14 Å². The Morgan fingerprint density at radius 2 is 1.91 bits per heavy atom. The van der Waals surface area contributed by atoms with Crippen LogP contribution in [0.15, 0.2) is 24.3 Å². The lowest BCUT2D eigenvalue weighted by molar-refractivity contribution is 0.108. The molecule has 1 rings (SSSR count). The van der Waals surface area contributed by atoms with Crippen LogP contribution in [0.25, 0.3) is 0 Å². The Morgan fingerprint density at radius 3 is 2.36 bits per heavy atom. The van der Waals surface area contributed by atoms with Gasteiger partial charge in [-0.3, -0.25) is 9.93 Å². The van der Waals surface area contributed by atoms with E-state index in [-0.39, 0.29) is 5.12 Å². The number of carbonyl (C=O) groups excluding carboxylic acids is 1. The molecule has 1 aromatic rings. The van der Waals surface area contributed by atoms with Crippen LogP contribution in [0, 0.1) is 6.92 Å². The van der Waals surface area contributed by atoms with E-state index in [1.807, 2.05) is 19.1 Å². The SMILES string of the molecule is Cc1ccc(C(=O)SN)cc1. The van der Waals surface area contributed by atoms with Crippen molar-refractivity contribution in [2.75, 3.05) is 0 Å². The van der Waals surface area contributed by atoms with Crippen LogP contribution in [-0.4, -0.2) is 5.12 Å². The van der Waals surface area contributed by atoms with Gasteiger partial charge in [0.05, 0.1) is 0 Å². The normalized spacial score (nSPS) is 9.64. The molecule has 1 aromatic carbocycles. The molecule has 2 N–H and O–H groups in total. The van der Waals surface area contributed by atoms with Crippen molar-refractivity contribution in [1.82, 2.24) is 0 Å². The lowest BCUT2D eigenvalue weighted by Crippen LogP contribution is -1.96. The molecule has 11 heavy (non-hydrogen) atoms. The highest BCUT2D eigenvalue weighted by molar-refractivity contribution is 8.12. The van der Waals surface area contributed by atoms with Crippen molar-refractivity contribution in [2.45, 2.75) is 6.92 Å². The van der Waals surface area contributed by atoms with E-state index >= 15 is 0 Å². The minimum atomic E-state index is -0.0926. The first-order chi connectivity index (χ1) is 5.24. The zero-order chi connectivity index (χ0) is 8.27. The maximum Gasteiger partial charge on any atom is 0.233 e. The first-order valence-electron chi connectivity index (χ1n) is 3.22. The van der Waals surface area contributed by atoms with Crippen molar-refractivity contribution in [1.29, 1.82) is 0 Å². The molecule has 3 heteroatoms. The summed E-state index contributed by atoms with van der Waals surface area (Å²) in [5.41, 5.74) is 1.80. The van der Waals surface area contributed by atoms with Gasteiger partial charge in [0.2, 0.25) is 5.12 Å². The van der Waals surface area contributed by atoms with Crippen LogP contribution in [0.3, 0.4) is 0 Å². The number of hydrogen-bond donors (Lipinski definition) is 1. The first kappa shape index (κ1) is 8.30. The summed E-state index contributed by atoms with van der Waals surface area (Å²) in [6.45, 7) is 1.98. The Bertz CT molecular complexity index is 255. The summed E-state index contributed by atoms with van der Waals surface area (Å²) in [7, 11) is 0. The molecule has 0 saturated heterocycles. The summed E-state index contributed by atoms with van der Waals surface area (Å²) < 4.78 is 0. The van der Waals surface area contributed by atoms with Crippen LogP contribution in [-0.2, 0) is 0 Å². The van der Waals surface area contributed by atoms with E-state index in [4.69, 9.17) is 5.14 Å². The molecule has 0 aliphatic heterocycles. The summed E-state index contributed by atoms with van der Waals surface area (Å²) in [6.07, 6.45) is 0. The summed E-state index contributed by atoms with van der Waals surface area (Å²) in [4.78, 5) is 11.0. The second-order valence-electron chi connectivity index (χ2n) is 2.27. The van der Waals surface area contributed by atoms with Crippen LogP contribution in [0.2, 0.25) is 0 Å². The van der Waals surface area contributed by atoms with Gasteiger partial charge in [-0.1, -0.05) is 29.8 Å². The zero-order valence-electron chi connectivity index (χ0n) is 6.20. The van der Waals surface area contributed by atoms with Crippen LogP contribution in [0.5, 0.6) is 0 Å². The minimum Gasteiger partial charge on any atom is -0.280 e. The number of carbonyl (C=O) groups is 1. The quantitative estimate of drug-likeness (QED) is 0.648. The number of aryl methyl sites for hydroxylation is 1. The Morgan fingerprint density at radius 1 is 1.36 bits per heavy atom. The summed E-state index contributed by atoms with van der Waals surface area (Å²) in [6, 6.07) is 7.34. The van der Waals surface area contributed by atoms with E-state index in [1.54, 1.807) is 12.1 Å². The van der Waals surface area contributed by atoms with Crippen LogP contribution < -0.4 is 5.14 Å². The summed E-state index contributed by atoms with van der Waals surface area (Å²) >= 11 is 0.745. The molecule has 0 aliphatic rings. The van der Waals surface area contributed by atoms with Gasteiger partial charge in [-0.15, -0.1) is 0 Å². The summed E-state index contributed by atoms with van der Waals surface area (Å²) in [5, 5.41) is 5.02. The molecular formula is C8H9NOS. The third-order valence-corrected chi connectivity index (χ3v) is 1.84. The number of benzene rings is 1. The average Bonchev–Trinajstić information content (AvgIpc) is 2.05. The molecule has 0 fully saturated rings. The molecule has 0 spiro atoms. The van der Waals surface area contributed by atoms with Crippen LogP contribution in [0.4, 0.5) is 0 Å². The molecule has 0 saturated carbocycles. The molecule has 0 bridgehead atoms. The summed E-state index contributed by atoms with van der Waals surface area (Å²) in [5.74, 6) is 0. The maximum atomic E-state index is 11.0. The van der Waals surface area contributed by atoms with E-state index in [0.717, 1.165) is 17.5 Å². The highest BCUT2D eigenvalue weighted by Crippen LogP contribution is 2.08. The van der Waals surface area contributed by atoms with Crippen LogP contribution in [0.1, 0.15) is 15.9 Å². The van der Waals surface area contributed by atoms with Gasteiger partial charge in [-0.2, -0.15) is 0 Å². The van der Waals surface area contributed by atoms with Gasteiger partial charge >= 0.3 is 0 Å². The molecule has 0 aliphatic carbocycles. The lowest BCUT2D eigenvalue weighted by atomic mass is 10.2. The molecule has 0 radical (unpaired) electrons. The third-order valence-electron chi connectivity index (χ3n) is 1.39. The number of nitrogens with two attached hydrogens (primary N) is 1. The first-order valence-corrected chi connectivity index (χ1v) is 4.09. The van der Waals surface area contributed by atoms with Gasteiger partial charge in [0.25, 0.3) is 0 Å². The minimum absolute atomic E-state index is 0.0926. The van der Waals surface area contributed by atoms with Gasteiger partial charge in [0.1, 0.15) is 0 Å². The maximum absolute atomic E-state index is 11.0. The fourth-order valence-electron chi connectivity index (χ4n) is 0.758. The van der Waals surface area contributed by atoms with E-state index in [0.29, 0.717) is 5.56 Å². The monoisotopic (exact) mass is 167 g/mol. The molecule has 2 nitrogen and oxygen atoms in total. The Hall–Kier alpha value is -0.800. The van der Waals surface area contributed by atoms with Gasteiger partial charge in [0.15, 0.2) is 0 Å². The second-order valence-corrected chi connectivity index (χ2v) is 2.88. The van der Waals surface area contributed by atoms with E-state index in [9.17, 15) is 4.79 Å². The Kier molecular flexibility index (Phi) is 2.68. The van der Waals surface area contributed by atoms with Gasteiger partial charge in [-0.05, 0) is 18.9 Å². The van der Waals surface area contributed by atoms with Gasteiger partial charge in [0, 0.05) is 5.56 Å². The van der Waals surface area contributed by atoms with Crippen molar-refractivity contribution >= 4 is 17.1 Å². The smallest absolute Gasteiger partial charge is 0.233 e. The highest BCUT2D eigenvalue weighted by atomic mass is 32.2. The zero-order valence-corrected chi connectivity index (χ0v) is 7.02. The van der Waals surface area contributed by atoms with E-state index in [1.165, 1.54) is 0 Å². The predicted molar refractivity (Wildman–Crippen MR) is 47.3 cm³/mol. The molecule has 58 valence electrons. The number of rotatable bonds is 1. The Labute approximate surface area is 69.9 Å². The van der Waals surface area contributed by atoms with Crippen LogP contribution >= 0.6 is 11.9 Å². The molecule has 0 heterocycles. The molecule has 0 atom stereocenters. The fraction of sp³-hybridized carbons (Fsp3) is 0.125.